The minimum absolute atomic E-state index is 0.000195. The number of carbonyl (C=O) groups excluding carboxylic acids is 1. The first-order valence-corrected chi connectivity index (χ1v) is 8.39. The second-order valence-electron chi connectivity index (χ2n) is 6.20. The van der Waals surface area contributed by atoms with Gasteiger partial charge in [-0.1, -0.05) is 36.4 Å². The molecule has 3 aromatic rings. The van der Waals surface area contributed by atoms with Crippen LogP contribution in [0.5, 0.6) is 5.75 Å². The number of amides is 1. The van der Waals surface area contributed by atoms with Gasteiger partial charge in [0.25, 0.3) is 0 Å². The van der Waals surface area contributed by atoms with Gasteiger partial charge in [0.2, 0.25) is 5.91 Å². The number of aromatic nitrogens is 1. The lowest BCUT2D eigenvalue weighted by molar-refractivity contribution is -0.117. The van der Waals surface area contributed by atoms with Crippen molar-refractivity contribution in [1.29, 1.82) is 0 Å². The van der Waals surface area contributed by atoms with Crippen molar-refractivity contribution in [2.24, 2.45) is 5.73 Å². The fourth-order valence-corrected chi connectivity index (χ4v) is 2.73. The molecule has 0 bridgehead atoms. The van der Waals surface area contributed by atoms with Crippen molar-refractivity contribution in [3.8, 4) is 16.9 Å². The number of carbonyl (C=O) groups is 1. The number of hydrogen-bond acceptors (Lipinski definition) is 4. The number of pyridine rings is 1. The molecule has 132 valence electrons. The molecule has 0 spiro atoms. The number of anilines is 1. The van der Waals surface area contributed by atoms with Gasteiger partial charge in [-0.05, 0) is 54.3 Å². The van der Waals surface area contributed by atoms with Crippen LogP contribution < -0.4 is 11.1 Å². The zero-order valence-electron chi connectivity index (χ0n) is 14.5. The van der Waals surface area contributed by atoms with Gasteiger partial charge in [-0.2, -0.15) is 0 Å². The quantitative estimate of drug-likeness (QED) is 0.618. The van der Waals surface area contributed by atoms with Gasteiger partial charge in [0, 0.05) is 11.9 Å². The monoisotopic (exact) mass is 347 g/mol. The molecule has 0 saturated carbocycles. The van der Waals surface area contributed by atoms with E-state index in [1.807, 2.05) is 49.4 Å². The first kappa shape index (κ1) is 17.6. The van der Waals surface area contributed by atoms with Gasteiger partial charge in [0.05, 0.1) is 11.7 Å². The Balaban J connectivity index is 1.76. The molecule has 5 heteroatoms. The highest BCUT2D eigenvalue weighted by atomic mass is 16.3. The number of nitrogens with one attached hydrogen (secondary N) is 1. The molecule has 0 radical (unpaired) electrons. The maximum absolute atomic E-state index is 12.4. The van der Waals surface area contributed by atoms with Gasteiger partial charge in [-0.15, -0.1) is 0 Å². The average molecular weight is 347 g/mol. The van der Waals surface area contributed by atoms with E-state index in [9.17, 15) is 9.90 Å². The SMILES string of the molecule is Cc1cc(-c2ccc(O)c(NC(=O)C(N)Cc3ccccc3)c2)ccn1. The molecule has 3 rings (SSSR count). The zero-order valence-corrected chi connectivity index (χ0v) is 14.5. The van der Waals surface area contributed by atoms with Gasteiger partial charge in [0.15, 0.2) is 0 Å². The Kier molecular flexibility index (Phi) is 5.29. The van der Waals surface area contributed by atoms with E-state index in [1.54, 1.807) is 24.4 Å². The van der Waals surface area contributed by atoms with Crippen molar-refractivity contribution in [1.82, 2.24) is 4.98 Å². The Hall–Kier alpha value is -3.18. The van der Waals surface area contributed by atoms with Crippen LogP contribution in [0.25, 0.3) is 11.1 Å². The Morgan fingerprint density at radius 2 is 1.85 bits per heavy atom. The van der Waals surface area contributed by atoms with Gasteiger partial charge >= 0.3 is 0 Å². The smallest absolute Gasteiger partial charge is 0.241 e. The molecule has 4 N–H and O–H groups in total. The summed E-state index contributed by atoms with van der Waals surface area (Å²) in [5, 5.41) is 12.8. The number of rotatable bonds is 5. The lowest BCUT2D eigenvalue weighted by Gasteiger charge is -2.14. The van der Waals surface area contributed by atoms with Crippen LogP contribution in [0.3, 0.4) is 0 Å². The molecule has 0 aliphatic heterocycles. The van der Waals surface area contributed by atoms with Crippen molar-refractivity contribution in [2.45, 2.75) is 19.4 Å². The number of aromatic hydroxyl groups is 1. The fourth-order valence-electron chi connectivity index (χ4n) is 2.73. The molecule has 1 heterocycles. The molecule has 1 aromatic heterocycles. The summed E-state index contributed by atoms with van der Waals surface area (Å²) in [7, 11) is 0. The molecule has 1 atom stereocenters. The van der Waals surface area contributed by atoms with Crippen LogP contribution in [-0.4, -0.2) is 22.0 Å². The minimum Gasteiger partial charge on any atom is -0.506 e. The van der Waals surface area contributed by atoms with Crippen molar-refractivity contribution in [2.75, 3.05) is 5.32 Å². The summed E-state index contributed by atoms with van der Waals surface area (Å²) in [6.45, 7) is 1.91. The van der Waals surface area contributed by atoms with Gasteiger partial charge in [0.1, 0.15) is 5.75 Å². The number of nitrogens with zero attached hydrogens (tertiary/aromatic N) is 1. The Morgan fingerprint density at radius 1 is 1.12 bits per heavy atom. The van der Waals surface area contributed by atoms with Gasteiger partial charge < -0.3 is 16.2 Å². The molecule has 0 aliphatic carbocycles. The summed E-state index contributed by atoms with van der Waals surface area (Å²) in [5.74, 6) is -0.341. The Bertz CT molecular complexity index is 910. The summed E-state index contributed by atoms with van der Waals surface area (Å²) in [5.41, 5.74) is 10.1. The third-order valence-corrected chi connectivity index (χ3v) is 4.12. The van der Waals surface area contributed by atoms with Gasteiger partial charge in [-0.25, -0.2) is 0 Å². The number of phenols is 1. The highest BCUT2D eigenvalue weighted by Gasteiger charge is 2.16. The molecule has 0 saturated heterocycles. The zero-order chi connectivity index (χ0) is 18.5. The number of phenolic OH excluding ortho intramolecular Hbond substituents is 1. The first-order valence-electron chi connectivity index (χ1n) is 8.39. The lowest BCUT2D eigenvalue weighted by Crippen LogP contribution is -2.37. The molecule has 26 heavy (non-hydrogen) atoms. The van der Waals surface area contributed by atoms with Crippen LogP contribution in [0.2, 0.25) is 0 Å². The number of hydrogen-bond donors (Lipinski definition) is 3. The molecule has 2 aromatic carbocycles. The van der Waals surface area contributed by atoms with Crippen LogP contribution in [0.1, 0.15) is 11.3 Å². The highest BCUT2D eigenvalue weighted by molar-refractivity contribution is 5.96. The average Bonchev–Trinajstić information content (AvgIpc) is 2.64. The summed E-state index contributed by atoms with van der Waals surface area (Å²) in [6, 6.07) is 17.8. The van der Waals surface area contributed by atoms with Crippen molar-refractivity contribution in [3.05, 3.63) is 78.1 Å². The van der Waals surface area contributed by atoms with Crippen LogP contribution in [0, 0.1) is 6.92 Å². The Labute approximate surface area is 152 Å². The standard InChI is InChI=1S/C21H21N3O2/c1-14-11-17(9-10-23-14)16-7-8-20(25)19(13-16)24-21(26)18(22)12-15-5-3-2-4-6-15/h2-11,13,18,25H,12,22H2,1H3,(H,24,26). The molecular formula is C21H21N3O2. The topological polar surface area (TPSA) is 88.2 Å². The number of aryl methyl sites for hydroxylation is 1. The largest absolute Gasteiger partial charge is 0.506 e. The van der Waals surface area contributed by atoms with Gasteiger partial charge in [-0.3, -0.25) is 9.78 Å². The maximum Gasteiger partial charge on any atom is 0.241 e. The molecule has 5 nitrogen and oxygen atoms in total. The Morgan fingerprint density at radius 3 is 2.58 bits per heavy atom. The number of nitrogens with two attached hydrogens (primary N) is 1. The fraction of sp³-hybridized carbons (Fsp3) is 0.143. The van der Waals surface area contributed by atoms with E-state index in [1.165, 1.54) is 0 Å². The van der Waals surface area contributed by atoms with Crippen molar-refractivity contribution < 1.29 is 9.90 Å². The molecular weight excluding hydrogens is 326 g/mol. The van der Waals surface area contributed by atoms with Crippen LogP contribution in [0.4, 0.5) is 5.69 Å². The van der Waals surface area contributed by atoms with Crippen LogP contribution in [-0.2, 0) is 11.2 Å². The molecule has 1 unspecified atom stereocenters. The third kappa shape index (κ3) is 4.26. The minimum atomic E-state index is -0.705. The normalized spacial score (nSPS) is 11.8. The van der Waals surface area contributed by atoms with E-state index >= 15 is 0 Å². The predicted octanol–water partition coefficient (Wildman–Crippen LogP) is 3.27. The first-order chi connectivity index (χ1) is 12.5. The number of benzene rings is 2. The second kappa shape index (κ2) is 7.80. The summed E-state index contributed by atoms with van der Waals surface area (Å²) in [4.78, 5) is 16.6. The van der Waals surface area contributed by atoms with E-state index in [0.29, 0.717) is 12.1 Å². The van der Waals surface area contributed by atoms with Crippen molar-refractivity contribution in [3.63, 3.8) is 0 Å². The molecule has 1 amide bonds. The highest BCUT2D eigenvalue weighted by Crippen LogP contribution is 2.30. The second-order valence-corrected chi connectivity index (χ2v) is 6.20. The van der Waals surface area contributed by atoms with Crippen LogP contribution in [0.15, 0.2) is 66.9 Å². The van der Waals surface area contributed by atoms with E-state index in [0.717, 1.165) is 22.4 Å². The molecule has 0 fully saturated rings. The molecule has 0 aliphatic rings. The van der Waals surface area contributed by atoms with Crippen molar-refractivity contribution >= 4 is 11.6 Å². The van der Waals surface area contributed by atoms with E-state index in [2.05, 4.69) is 10.3 Å². The summed E-state index contributed by atoms with van der Waals surface area (Å²) >= 11 is 0. The van der Waals surface area contributed by atoms with E-state index in [4.69, 9.17) is 5.73 Å². The maximum atomic E-state index is 12.4. The summed E-state index contributed by atoms with van der Waals surface area (Å²) in [6.07, 6.45) is 2.15. The van der Waals surface area contributed by atoms with E-state index in [-0.39, 0.29) is 11.7 Å². The van der Waals surface area contributed by atoms with Crippen LogP contribution >= 0.6 is 0 Å². The summed E-state index contributed by atoms with van der Waals surface area (Å²) < 4.78 is 0. The third-order valence-electron chi connectivity index (χ3n) is 4.12. The predicted molar refractivity (Wildman–Crippen MR) is 103 cm³/mol. The lowest BCUT2D eigenvalue weighted by atomic mass is 10.0. The van der Waals surface area contributed by atoms with E-state index < -0.39 is 6.04 Å².